The highest BCUT2D eigenvalue weighted by atomic mass is 15.1. The molecule has 78 valence electrons. The van der Waals surface area contributed by atoms with Crippen molar-refractivity contribution in [1.82, 2.24) is 4.90 Å². The Morgan fingerprint density at radius 3 is 2.62 bits per heavy atom. The van der Waals surface area contributed by atoms with E-state index in [9.17, 15) is 0 Å². The molecule has 1 fully saturated rings. The highest BCUT2D eigenvalue weighted by molar-refractivity contribution is 4.79. The molecule has 1 atom stereocenters. The lowest BCUT2D eigenvalue weighted by Gasteiger charge is -2.26. The SMILES string of the molecule is CCCCC(CN)N(C)CC1CC1. The van der Waals surface area contributed by atoms with Gasteiger partial charge >= 0.3 is 0 Å². The first-order valence-electron chi connectivity index (χ1n) is 5.68. The van der Waals surface area contributed by atoms with E-state index in [4.69, 9.17) is 5.73 Å². The maximum atomic E-state index is 5.77. The van der Waals surface area contributed by atoms with E-state index in [0.29, 0.717) is 6.04 Å². The highest BCUT2D eigenvalue weighted by Gasteiger charge is 2.25. The van der Waals surface area contributed by atoms with Gasteiger partial charge in [0.1, 0.15) is 0 Å². The summed E-state index contributed by atoms with van der Waals surface area (Å²) in [5.74, 6) is 0.987. The molecule has 0 radical (unpaired) electrons. The van der Waals surface area contributed by atoms with Gasteiger partial charge in [-0.2, -0.15) is 0 Å². The summed E-state index contributed by atoms with van der Waals surface area (Å²) in [5, 5.41) is 0. The second kappa shape index (κ2) is 5.61. The summed E-state index contributed by atoms with van der Waals surface area (Å²) in [6.07, 6.45) is 6.76. The summed E-state index contributed by atoms with van der Waals surface area (Å²) in [4.78, 5) is 2.47. The first kappa shape index (κ1) is 11.0. The molecule has 0 saturated heterocycles. The van der Waals surface area contributed by atoms with Gasteiger partial charge in [0, 0.05) is 19.1 Å². The molecule has 2 nitrogen and oxygen atoms in total. The van der Waals surface area contributed by atoms with E-state index in [-0.39, 0.29) is 0 Å². The summed E-state index contributed by atoms with van der Waals surface area (Å²) in [6.45, 7) is 4.34. The zero-order valence-electron chi connectivity index (χ0n) is 9.13. The van der Waals surface area contributed by atoms with Crippen molar-refractivity contribution in [2.45, 2.75) is 45.1 Å². The van der Waals surface area contributed by atoms with Crippen LogP contribution in [-0.2, 0) is 0 Å². The third kappa shape index (κ3) is 4.10. The monoisotopic (exact) mass is 184 g/mol. The first-order chi connectivity index (χ1) is 6.27. The van der Waals surface area contributed by atoms with Gasteiger partial charge in [0.25, 0.3) is 0 Å². The van der Waals surface area contributed by atoms with Crippen molar-refractivity contribution in [3.05, 3.63) is 0 Å². The van der Waals surface area contributed by atoms with E-state index in [1.807, 2.05) is 0 Å². The molecule has 1 saturated carbocycles. The second-order valence-electron chi connectivity index (χ2n) is 4.41. The summed E-state index contributed by atoms with van der Waals surface area (Å²) >= 11 is 0. The molecule has 1 unspecified atom stereocenters. The van der Waals surface area contributed by atoms with Crippen LogP contribution in [0.2, 0.25) is 0 Å². The van der Waals surface area contributed by atoms with Gasteiger partial charge in [-0.05, 0) is 32.2 Å². The fourth-order valence-corrected chi connectivity index (χ4v) is 1.81. The lowest BCUT2D eigenvalue weighted by atomic mass is 10.1. The van der Waals surface area contributed by atoms with Crippen LogP contribution < -0.4 is 5.73 Å². The maximum Gasteiger partial charge on any atom is 0.0215 e. The maximum absolute atomic E-state index is 5.77. The number of nitrogens with zero attached hydrogens (tertiary/aromatic N) is 1. The van der Waals surface area contributed by atoms with Gasteiger partial charge in [-0.3, -0.25) is 0 Å². The lowest BCUT2D eigenvalue weighted by Crippen LogP contribution is -2.38. The zero-order chi connectivity index (χ0) is 9.68. The molecule has 2 heteroatoms. The number of rotatable bonds is 7. The van der Waals surface area contributed by atoms with E-state index in [0.717, 1.165) is 12.5 Å². The molecule has 0 aromatic carbocycles. The number of hydrogen-bond donors (Lipinski definition) is 1. The smallest absolute Gasteiger partial charge is 0.0215 e. The molecule has 0 aromatic heterocycles. The van der Waals surface area contributed by atoms with Crippen molar-refractivity contribution in [2.75, 3.05) is 20.1 Å². The lowest BCUT2D eigenvalue weighted by molar-refractivity contribution is 0.223. The minimum absolute atomic E-state index is 0.626. The molecule has 0 spiro atoms. The number of hydrogen-bond acceptors (Lipinski definition) is 2. The van der Waals surface area contributed by atoms with Crippen molar-refractivity contribution in [2.24, 2.45) is 11.7 Å². The molecule has 2 N–H and O–H groups in total. The van der Waals surface area contributed by atoms with Gasteiger partial charge in [0.05, 0.1) is 0 Å². The van der Waals surface area contributed by atoms with Crippen LogP contribution in [0, 0.1) is 5.92 Å². The molecule has 0 heterocycles. The van der Waals surface area contributed by atoms with Crippen LogP contribution in [0.4, 0.5) is 0 Å². The quantitative estimate of drug-likeness (QED) is 0.654. The van der Waals surface area contributed by atoms with Crippen molar-refractivity contribution < 1.29 is 0 Å². The average Bonchev–Trinajstić information content (AvgIpc) is 2.90. The normalized spacial score (nSPS) is 19.4. The standard InChI is InChI=1S/C11H24N2/c1-3-4-5-11(8-12)13(2)9-10-6-7-10/h10-11H,3-9,12H2,1-2H3. The minimum atomic E-state index is 0.626. The van der Waals surface area contributed by atoms with Gasteiger partial charge in [-0.25, -0.2) is 0 Å². The van der Waals surface area contributed by atoms with Crippen LogP contribution in [0.5, 0.6) is 0 Å². The fourth-order valence-electron chi connectivity index (χ4n) is 1.81. The Hall–Kier alpha value is -0.0800. The molecule has 0 bridgehead atoms. The molecular formula is C11H24N2. The van der Waals surface area contributed by atoms with Gasteiger partial charge < -0.3 is 10.6 Å². The van der Waals surface area contributed by atoms with Crippen LogP contribution in [0.15, 0.2) is 0 Å². The van der Waals surface area contributed by atoms with Crippen molar-refractivity contribution in [3.63, 3.8) is 0 Å². The fraction of sp³-hybridized carbons (Fsp3) is 1.00. The molecule has 1 rings (SSSR count). The molecule has 1 aliphatic rings. The van der Waals surface area contributed by atoms with Crippen molar-refractivity contribution in [3.8, 4) is 0 Å². The van der Waals surface area contributed by atoms with E-state index in [2.05, 4.69) is 18.9 Å². The first-order valence-corrected chi connectivity index (χ1v) is 5.68. The van der Waals surface area contributed by atoms with Gasteiger partial charge in [-0.15, -0.1) is 0 Å². The predicted octanol–water partition coefficient (Wildman–Crippen LogP) is 1.85. The van der Waals surface area contributed by atoms with Crippen LogP contribution in [-0.4, -0.2) is 31.1 Å². The molecule has 13 heavy (non-hydrogen) atoms. The number of nitrogens with two attached hydrogens (primary N) is 1. The Kier molecular flexibility index (Phi) is 4.74. The summed E-state index contributed by atoms with van der Waals surface area (Å²) in [7, 11) is 2.23. The molecule has 0 amide bonds. The van der Waals surface area contributed by atoms with E-state index in [1.165, 1.54) is 38.6 Å². The summed E-state index contributed by atoms with van der Waals surface area (Å²) < 4.78 is 0. The van der Waals surface area contributed by atoms with E-state index >= 15 is 0 Å². The molecule has 0 aromatic rings. The predicted molar refractivity (Wildman–Crippen MR) is 57.7 cm³/mol. The van der Waals surface area contributed by atoms with E-state index in [1.54, 1.807) is 0 Å². The average molecular weight is 184 g/mol. The van der Waals surface area contributed by atoms with Crippen LogP contribution in [0.3, 0.4) is 0 Å². The molecule has 0 aliphatic heterocycles. The van der Waals surface area contributed by atoms with Crippen molar-refractivity contribution in [1.29, 1.82) is 0 Å². The minimum Gasteiger partial charge on any atom is -0.329 e. The van der Waals surface area contributed by atoms with Crippen molar-refractivity contribution >= 4 is 0 Å². The summed E-state index contributed by atoms with van der Waals surface area (Å²) in [6, 6.07) is 0.626. The van der Waals surface area contributed by atoms with Crippen LogP contribution >= 0.6 is 0 Å². The second-order valence-corrected chi connectivity index (χ2v) is 4.41. The molecule has 1 aliphatic carbocycles. The Morgan fingerprint density at radius 2 is 2.15 bits per heavy atom. The molecular weight excluding hydrogens is 160 g/mol. The third-order valence-corrected chi connectivity index (χ3v) is 3.03. The highest BCUT2D eigenvalue weighted by Crippen LogP contribution is 2.30. The van der Waals surface area contributed by atoms with Gasteiger partial charge in [-0.1, -0.05) is 19.8 Å². The summed E-state index contributed by atoms with van der Waals surface area (Å²) in [5.41, 5.74) is 5.77. The Morgan fingerprint density at radius 1 is 1.46 bits per heavy atom. The third-order valence-electron chi connectivity index (χ3n) is 3.03. The largest absolute Gasteiger partial charge is 0.329 e. The number of likely N-dealkylation sites (N-methyl/N-ethyl adjacent to an activating group) is 1. The van der Waals surface area contributed by atoms with Crippen LogP contribution in [0.1, 0.15) is 39.0 Å². The van der Waals surface area contributed by atoms with Crippen LogP contribution in [0.25, 0.3) is 0 Å². The van der Waals surface area contributed by atoms with Gasteiger partial charge in [0.15, 0.2) is 0 Å². The van der Waals surface area contributed by atoms with E-state index < -0.39 is 0 Å². The zero-order valence-corrected chi connectivity index (χ0v) is 9.13. The topological polar surface area (TPSA) is 29.3 Å². The Labute approximate surface area is 82.5 Å². The Bertz CT molecular complexity index is 132. The number of unbranched alkanes of at least 4 members (excludes halogenated alkanes) is 1. The van der Waals surface area contributed by atoms with Gasteiger partial charge in [0.2, 0.25) is 0 Å². The Balaban J connectivity index is 2.17.